The van der Waals surface area contributed by atoms with Gasteiger partial charge < -0.3 is 9.84 Å². The molecule has 0 aliphatic rings. The van der Waals surface area contributed by atoms with Crippen molar-refractivity contribution in [2.24, 2.45) is 0 Å². The second-order valence-corrected chi connectivity index (χ2v) is 5.17. The topological polar surface area (TPSA) is 92.7 Å². The lowest BCUT2D eigenvalue weighted by molar-refractivity contribution is -0.147. The number of carbonyl (C=O) groups is 1. The van der Waals surface area contributed by atoms with Crippen molar-refractivity contribution in [2.75, 3.05) is 13.7 Å². The Balaban J connectivity index is 2.97. The summed E-state index contributed by atoms with van der Waals surface area (Å²) >= 11 is 0. The van der Waals surface area contributed by atoms with Crippen LogP contribution < -0.4 is 4.72 Å². The van der Waals surface area contributed by atoms with Gasteiger partial charge in [0.2, 0.25) is 10.0 Å². The number of nitrogens with one attached hydrogen (secondary N) is 1. The second kappa shape index (κ2) is 6.04. The SMILES string of the molecule is COC(CNS(=O)(=O)c1c(F)cccc1F)C(=O)O. The standard InChI is InChI=1S/C10H11F2NO5S/c1-18-8(10(14)15)5-13-19(16,17)9-6(11)3-2-4-7(9)12/h2-4,8,13H,5H2,1H3,(H,14,15). The quantitative estimate of drug-likeness (QED) is 0.789. The molecule has 0 aliphatic carbocycles. The Labute approximate surface area is 108 Å². The largest absolute Gasteiger partial charge is 0.479 e. The van der Waals surface area contributed by atoms with E-state index in [1.54, 1.807) is 4.72 Å². The zero-order chi connectivity index (χ0) is 14.6. The van der Waals surface area contributed by atoms with Gasteiger partial charge in [-0.25, -0.2) is 26.7 Å². The number of carboxylic acid groups (broad SMARTS) is 1. The van der Waals surface area contributed by atoms with E-state index < -0.39 is 45.2 Å². The van der Waals surface area contributed by atoms with Gasteiger partial charge >= 0.3 is 5.97 Å². The first-order valence-corrected chi connectivity index (χ1v) is 6.47. The number of halogens is 2. The Bertz CT molecular complexity index is 555. The van der Waals surface area contributed by atoms with Crippen molar-refractivity contribution in [1.82, 2.24) is 4.72 Å². The molecule has 1 atom stereocenters. The third kappa shape index (κ3) is 3.69. The summed E-state index contributed by atoms with van der Waals surface area (Å²) in [6.07, 6.45) is -1.45. The summed E-state index contributed by atoms with van der Waals surface area (Å²) < 4.78 is 56.2. The van der Waals surface area contributed by atoms with Gasteiger partial charge in [-0.1, -0.05) is 6.07 Å². The number of hydrogen-bond donors (Lipinski definition) is 2. The highest BCUT2D eigenvalue weighted by atomic mass is 32.2. The van der Waals surface area contributed by atoms with Crippen LogP contribution in [-0.4, -0.2) is 39.3 Å². The van der Waals surface area contributed by atoms with E-state index in [1.807, 2.05) is 0 Å². The number of carboxylic acids is 1. The van der Waals surface area contributed by atoms with E-state index in [2.05, 4.69) is 4.74 Å². The zero-order valence-electron chi connectivity index (χ0n) is 9.76. The Kier molecular flexibility index (Phi) is 4.92. The average molecular weight is 295 g/mol. The molecule has 0 amide bonds. The molecule has 0 saturated heterocycles. The van der Waals surface area contributed by atoms with E-state index >= 15 is 0 Å². The lowest BCUT2D eigenvalue weighted by Crippen LogP contribution is -2.38. The first-order valence-electron chi connectivity index (χ1n) is 4.99. The molecule has 1 unspecified atom stereocenters. The minimum absolute atomic E-state index is 0.651. The molecule has 1 rings (SSSR count). The number of methoxy groups -OCH3 is 1. The van der Waals surface area contributed by atoms with Crippen LogP contribution in [0.15, 0.2) is 23.1 Å². The number of benzene rings is 1. The summed E-state index contributed by atoms with van der Waals surface area (Å²) in [6.45, 7) is -0.651. The fraction of sp³-hybridized carbons (Fsp3) is 0.300. The summed E-state index contributed by atoms with van der Waals surface area (Å²) in [5.41, 5.74) is 0. The maximum absolute atomic E-state index is 13.3. The highest BCUT2D eigenvalue weighted by Crippen LogP contribution is 2.17. The van der Waals surface area contributed by atoms with Crippen LogP contribution in [0.2, 0.25) is 0 Å². The molecule has 0 heterocycles. The lowest BCUT2D eigenvalue weighted by atomic mass is 10.3. The summed E-state index contributed by atoms with van der Waals surface area (Å²) in [4.78, 5) is 9.45. The maximum Gasteiger partial charge on any atom is 0.334 e. The van der Waals surface area contributed by atoms with Crippen molar-refractivity contribution in [2.45, 2.75) is 11.0 Å². The van der Waals surface area contributed by atoms with Crippen molar-refractivity contribution >= 4 is 16.0 Å². The predicted molar refractivity (Wildman–Crippen MR) is 60.0 cm³/mol. The van der Waals surface area contributed by atoms with Crippen LogP contribution in [0.3, 0.4) is 0 Å². The number of rotatable bonds is 6. The summed E-state index contributed by atoms with van der Waals surface area (Å²) in [6, 6.07) is 2.57. The number of sulfonamides is 1. The monoisotopic (exact) mass is 295 g/mol. The molecule has 19 heavy (non-hydrogen) atoms. The van der Waals surface area contributed by atoms with Gasteiger partial charge in [0.25, 0.3) is 0 Å². The highest BCUT2D eigenvalue weighted by molar-refractivity contribution is 7.89. The summed E-state index contributed by atoms with van der Waals surface area (Å²) in [7, 11) is -3.44. The van der Waals surface area contributed by atoms with E-state index in [4.69, 9.17) is 5.11 Å². The van der Waals surface area contributed by atoms with Crippen LogP contribution in [-0.2, 0) is 19.6 Å². The van der Waals surface area contributed by atoms with Gasteiger partial charge in [0, 0.05) is 13.7 Å². The van der Waals surface area contributed by atoms with Crippen LogP contribution in [0.1, 0.15) is 0 Å². The van der Waals surface area contributed by atoms with Gasteiger partial charge in [-0.05, 0) is 12.1 Å². The zero-order valence-corrected chi connectivity index (χ0v) is 10.6. The number of aliphatic carboxylic acids is 1. The van der Waals surface area contributed by atoms with Gasteiger partial charge in [-0.3, -0.25) is 0 Å². The van der Waals surface area contributed by atoms with Crippen molar-refractivity contribution in [3.63, 3.8) is 0 Å². The van der Waals surface area contributed by atoms with Gasteiger partial charge in [0.05, 0.1) is 0 Å². The first-order chi connectivity index (χ1) is 8.79. The van der Waals surface area contributed by atoms with Gasteiger partial charge in [-0.2, -0.15) is 0 Å². The molecular weight excluding hydrogens is 284 g/mol. The second-order valence-electron chi connectivity index (χ2n) is 3.47. The Morgan fingerprint density at radius 3 is 2.37 bits per heavy atom. The fourth-order valence-corrected chi connectivity index (χ4v) is 2.43. The molecule has 0 fully saturated rings. The average Bonchev–Trinajstić information content (AvgIpc) is 2.28. The molecule has 0 saturated carbocycles. The van der Waals surface area contributed by atoms with E-state index in [1.165, 1.54) is 0 Å². The summed E-state index contributed by atoms with van der Waals surface area (Å²) in [5.74, 6) is -3.94. The van der Waals surface area contributed by atoms with E-state index in [0.29, 0.717) is 0 Å². The van der Waals surface area contributed by atoms with Gasteiger partial charge in [0.15, 0.2) is 11.0 Å². The molecule has 2 N–H and O–H groups in total. The van der Waals surface area contributed by atoms with Crippen molar-refractivity contribution < 1.29 is 31.8 Å². The molecule has 106 valence electrons. The number of hydrogen-bond acceptors (Lipinski definition) is 4. The molecule has 6 nitrogen and oxygen atoms in total. The maximum atomic E-state index is 13.3. The minimum atomic E-state index is -4.50. The van der Waals surface area contributed by atoms with Crippen LogP contribution in [0.5, 0.6) is 0 Å². The van der Waals surface area contributed by atoms with Gasteiger partial charge in [0.1, 0.15) is 11.6 Å². The molecule has 1 aromatic rings. The van der Waals surface area contributed by atoms with Crippen molar-refractivity contribution in [3.8, 4) is 0 Å². The smallest absolute Gasteiger partial charge is 0.334 e. The number of ether oxygens (including phenoxy) is 1. The molecule has 0 radical (unpaired) electrons. The van der Waals surface area contributed by atoms with E-state index in [9.17, 15) is 22.0 Å². The van der Waals surface area contributed by atoms with E-state index in [-0.39, 0.29) is 0 Å². The molecule has 0 bridgehead atoms. The predicted octanol–water partition coefficient (Wildman–Crippen LogP) is 0.343. The molecular formula is C10H11F2NO5S. The minimum Gasteiger partial charge on any atom is -0.479 e. The third-order valence-electron chi connectivity index (χ3n) is 2.21. The fourth-order valence-electron chi connectivity index (χ4n) is 1.27. The van der Waals surface area contributed by atoms with Gasteiger partial charge in [-0.15, -0.1) is 0 Å². The Morgan fingerprint density at radius 2 is 1.95 bits per heavy atom. The summed E-state index contributed by atoms with van der Waals surface area (Å²) in [5, 5.41) is 8.64. The molecule has 0 spiro atoms. The third-order valence-corrected chi connectivity index (χ3v) is 3.68. The van der Waals surface area contributed by atoms with Crippen LogP contribution >= 0.6 is 0 Å². The van der Waals surface area contributed by atoms with Crippen molar-refractivity contribution in [1.29, 1.82) is 0 Å². The first kappa shape index (κ1) is 15.5. The Morgan fingerprint density at radius 1 is 1.42 bits per heavy atom. The molecule has 9 heteroatoms. The van der Waals surface area contributed by atoms with E-state index in [0.717, 1.165) is 25.3 Å². The highest BCUT2D eigenvalue weighted by Gasteiger charge is 2.26. The van der Waals surface area contributed by atoms with Crippen LogP contribution in [0.4, 0.5) is 8.78 Å². The molecule has 1 aromatic carbocycles. The lowest BCUT2D eigenvalue weighted by Gasteiger charge is -2.12. The van der Waals surface area contributed by atoms with Crippen LogP contribution in [0.25, 0.3) is 0 Å². The molecule has 0 aliphatic heterocycles. The van der Waals surface area contributed by atoms with Crippen molar-refractivity contribution in [3.05, 3.63) is 29.8 Å². The normalized spacial score (nSPS) is 13.2. The van der Waals surface area contributed by atoms with Crippen LogP contribution in [0, 0.1) is 11.6 Å². The Hall–Kier alpha value is -1.58. The molecule has 0 aromatic heterocycles.